The van der Waals surface area contributed by atoms with Crippen molar-refractivity contribution in [2.24, 2.45) is 0 Å². The number of hydrogen-bond donors (Lipinski definition) is 0. The molecule has 1 saturated heterocycles. The Morgan fingerprint density at radius 1 is 1.24 bits per heavy atom. The molecule has 0 spiro atoms. The first-order chi connectivity index (χ1) is 14.1. The molecule has 152 valence electrons. The molecule has 1 fully saturated rings. The highest BCUT2D eigenvalue weighted by molar-refractivity contribution is 5.93. The third-order valence-electron chi connectivity index (χ3n) is 5.97. The van der Waals surface area contributed by atoms with Gasteiger partial charge in [0.1, 0.15) is 11.3 Å². The summed E-state index contributed by atoms with van der Waals surface area (Å²) < 4.78 is 1.92. The summed E-state index contributed by atoms with van der Waals surface area (Å²) in [6.07, 6.45) is 8.26. The molecule has 4 rings (SSSR count). The van der Waals surface area contributed by atoms with Gasteiger partial charge in [-0.15, -0.1) is 0 Å². The molecule has 3 aromatic rings. The maximum Gasteiger partial charge on any atom is 0.274 e. The van der Waals surface area contributed by atoms with Crippen LogP contribution in [0.1, 0.15) is 40.9 Å². The molecule has 1 unspecified atom stereocenters. The molecule has 5 heteroatoms. The predicted octanol–water partition coefficient (Wildman–Crippen LogP) is 3.81. The number of likely N-dealkylation sites (N-methyl/N-ethyl adjacent to an activating group) is 1. The average Bonchev–Trinajstić information content (AvgIpc) is 3.17. The fourth-order valence-electron chi connectivity index (χ4n) is 4.24. The van der Waals surface area contributed by atoms with E-state index in [1.807, 2.05) is 47.8 Å². The van der Waals surface area contributed by atoms with Gasteiger partial charge >= 0.3 is 0 Å². The van der Waals surface area contributed by atoms with Crippen molar-refractivity contribution in [3.63, 3.8) is 0 Å². The highest BCUT2D eigenvalue weighted by Crippen LogP contribution is 2.18. The molecule has 0 aliphatic carbocycles. The number of fused-ring (bicyclic) bond motifs is 1. The normalized spacial score (nSPS) is 17.5. The van der Waals surface area contributed by atoms with Gasteiger partial charge in [-0.2, -0.15) is 0 Å². The number of nitrogens with zero attached hydrogens (tertiary/aromatic N) is 4. The van der Waals surface area contributed by atoms with Crippen LogP contribution in [0.2, 0.25) is 0 Å². The number of amides is 1. The van der Waals surface area contributed by atoms with Crippen molar-refractivity contribution in [2.45, 2.75) is 38.6 Å². The quantitative estimate of drug-likeness (QED) is 0.643. The monoisotopic (exact) mass is 390 g/mol. The van der Waals surface area contributed by atoms with Crippen molar-refractivity contribution in [3.8, 4) is 0 Å². The Morgan fingerprint density at radius 2 is 2.07 bits per heavy atom. The molecule has 0 saturated carbocycles. The highest BCUT2D eigenvalue weighted by Gasteiger charge is 2.27. The van der Waals surface area contributed by atoms with Crippen LogP contribution in [-0.2, 0) is 6.42 Å². The number of likely N-dealkylation sites (tertiary alicyclic amines) is 1. The Hall–Kier alpha value is -2.66. The number of imidazole rings is 1. The Kier molecular flexibility index (Phi) is 5.95. The summed E-state index contributed by atoms with van der Waals surface area (Å²) in [6, 6.07) is 15.0. The Balaban J connectivity index is 1.34. The second-order valence-corrected chi connectivity index (χ2v) is 8.20. The van der Waals surface area contributed by atoms with E-state index in [1.54, 1.807) is 0 Å². The van der Waals surface area contributed by atoms with E-state index in [2.05, 4.69) is 40.2 Å². The number of aromatic nitrogens is 2. The van der Waals surface area contributed by atoms with Crippen LogP contribution in [0.5, 0.6) is 0 Å². The second kappa shape index (κ2) is 8.78. The SMILES string of the molecule is Cc1ccn2cc(C(=O)N(C)C3CCCN(CCCc4ccccc4)C3)nc2c1. The number of aryl methyl sites for hydroxylation is 2. The van der Waals surface area contributed by atoms with Gasteiger partial charge in [0.25, 0.3) is 5.91 Å². The third kappa shape index (κ3) is 4.67. The molecular formula is C24H30N4O. The molecule has 1 aliphatic rings. The number of carbonyl (C=O) groups excluding carboxylic acids is 1. The first-order valence-corrected chi connectivity index (χ1v) is 10.6. The van der Waals surface area contributed by atoms with Crippen molar-refractivity contribution < 1.29 is 4.79 Å². The summed E-state index contributed by atoms with van der Waals surface area (Å²) in [5.41, 5.74) is 3.90. The molecule has 29 heavy (non-hydrogen) atoms. The summed E-state index contributed by atoms with van der Waals surface area (Å²) in [7, 11) is 1.93. The standard InChI is InChI=1S/C24H30N4O/c1-19-12-15-28-18-22(25-23(28)16-19)24(29)26(2)21-11-7-14-27(17-21)13-6-10-20-8-4-3-5-9-20/h3-5,8-9,12,15-16,18,21H,6-7,10-11,13-14,17H2,1-2H3. The fourth-order valence-corrected chi connectivity index (χ4v) is 4.24. The maximum absolute atomic E-state index is 13.0. The zero-order chi connectivity index (χ0) is 20.2. The molecule has 1 amide bonds. The molecule has 0 N–H and O–H groups in total. The van der Waals surface area contributed by atoms with E-state index in [9.17, 15) is 4.79 Å². The first kappa shape index (κ1) is 19.6. The predicted molar refractivity (Wildman–Crippen MR) is 116 cm³/mol. The van der Waals surface area contributed by atoms with Crippen LogP contribution < -0.4 is 0 Å². The van der Waals surface area contributed by atoms with Gasteiger partial charge in [-0.05, 0) is 69.0 Å². The van der Waals surface area contributed by atoms with Crippen LogP contribution >= 0.6 is 0 Å². The first-order valence-electron chi connectivity index (χ1n) is 10.6. The number of hydrogen-bond acceptors (Lipinski definition) is 3. The Bertz CT molecular complexity index is 965. The van der Waals surface area contributed by atoms with Gasteiger partial charge in [-0.25, -0.2) is 4.98 Å². The van der Waals surface area contributed by atoms with Crippen molar-refractivity contribution >= 4 is 11.6 Å². The molecule has 1 aliphatic heterocycles. The van der Waals surface area contributed by atoms with Gasteiger partial charge in [-0.1, -0.05) is 30.3 Å². The van der Waals surface area contributed by atoms with Gasteiger partial charge in [0.05, 0.1) is 0 Å². The minimum absolute atomic E-state index is 0.0162. The van der Waals surface area contributed by atoms with E-state index in [0.29, 0.717) is 5.69 Å². The molecule has 1 aromatic carbocycles. The van der Waals surface area contributed by atoms with E-state index in [-0.39, 0.29) is 11.9 Å². The molecule has 0 bridgehead atoms. The number of benzene rings is 1. The van der Waals surface area contributed by atoms with Crippen molar-refractivity contribution in [1.82, 2.24) is 19.2 Å². The van der Waals surface area contributed by atoms with E-state index in [0.717, 1.165) is 56.5 Å². The number of rotatable bonds is 6. The minimum Gasteiger partial charge on any atom is -0.336 e. The van der Waals surface area contributed by atoms with Crippen LogP contribution in [0.25, 0.3) is 5.65 Å². The molecule has 5 nitrogen and oxygen atoms in total. The van der Waals surface area contributed by atoms with E-state index in [1.165, 1.54) is 5.56 Å². The largest absolute Gasteiger partial charge is 0.336 e. The van der Waals surface area contributed by atoms with Crippen LogP contribution in [0.3, 0.4) is 0 Å². The second-order valence-electron chi connectivity index (χ2n) is 8.20. The summed E-state index contributed by atoms with van der Waals surface area (Å²) in [5.74, 6) is 0.0162. The molecule has 2 aromatic heterocycles. The van der Waals surface area contributed by atoms with Crippen molar-refractivity contribution in [1.29, 1.82) is 0 Å². The Morgan fingerprint density at radius 3 is 2.90 bits per heavy atom. The summed E-state index contributed by atoms with van der Waals surface area (Å²) in [4.78, 5) is 22.0. The topological polar surface area (TPSA) is 40.9 Å². The van der Waals surface area contributed by atoms with E-state index >= 15 is 0 Å². The fraction of sp³-hybridized carbons (Fsp3) is 0.417. The lowest BCUT2D eigenvalue weighted by Gasteiger charge is -2.37. The summed E-state index contributed by atoms with van der Waals surface area (Å²) >= 11 is 0. The molecular weight excluding hydrogens is 360 g/mol. The third-order valence-corrected chi connectivity index (χ3v) is 5.97. The lowest BCUT2D eigenvalue weighted by Crippen LogP contribution is -2.48. The lowest BCUT2D eigenvalue weighted by atomic mass is 10.0. The average molecular weight is 391 g/mol. The number of pyridine rings is 1. The smallest absolute Gasteiger partial charge is 0.274 e. The highest BCUT2D eigenvalue weighted by atomic mass is 16.2. The number of carbonyl (C=O) groups is 1. The zero-order valence-corrected chi connectivity index (χ0v) is 17.4. The summed E-state index contributed by atoms with van der Waals surface area (Å²) in [6.45, 7) is 5.20. The zero-order valence-electron chi connectivity index (χ0n) is 17.4. The van der Waals surface area contributed by atoms with Crippen LogP contribution in [-0.4, -0.2) is 57.8 Å². The van der Waals surface area contributed by atoms with Gasteiger partial charge < -0.3 is 14.2 Å². The van der Waals surface area contributed by atoms with E-state index in [4.69, 9.17) is 0 Å². The minimum atomic E-state index is 0.0162. The van der Waals surface area contributed by atoms with Crippen LogP contribution in [0, 0.1) is 6.92 Å². The Labute approximate surface area is 173 Å². The lowest BCUT2D eigenvalue weighted by molar-refractivity contribution is 0.0612. The van der Waals surface area contributed by atoms with Gasteiger partial charge in [0, 0.05) is 32.0 Å². The van der Waals surface area contributed by atoms with Gasteiger partial charge in [0.2, 0.25) is 0 Å². The van der Waals surface area contributed by atoms with Gasteiger partial charge in [-0.3, -0.25) is 4.79 Å². The van der Waals surface area contributed by atoms with Crippen LogP contribution in [0.15, 0.2) is 54.9 Å². The van der Waals surface area contributed by atoms with Crippen LogP contribution in [0.4, 0.5) is 0 Å². The molecule has 0 radical (unpaired) electrons. The maximum atomic E-state index is 13.0. The van der Waals surface area contributed by atoms with Crippen molar-refractivity contribution in [2.75, 3.05) is 26.7 Å². The summed E-state index contributed by atoms with van der Waals surface area (Å²) in [5, 5.41) is 0. The van der Waals surface area contributed by atoms with Gasteiger partial charge in [0.15, 0.2) is 0 Å². The van der Waals surface area contributed by atoms with E-state index < -0.39 is 0 Å². The molecule has 3 heterocycles. The number of piperidine rings is 1. The molecule has 1 atom stereocenters. The van der Waals surface area contributed by atoms with Crippen molar-refractivity contribution in [3.05, 3.63) is 71.7 Å².